The Kier molecular flexibility index (Phi) is 6.27. The average Bonchev–Trinajstić information content (AvgIpc) is 2.51. The molecule has 2 heteroatoms. The van der Waals surface area contributed by atoms with E-state index in [-0.39, 0.29) is 51.4 Å². The Morgan fingerprint density at radius 3 is 0.900 bits per heavy atom. The Labute approximate surface area is 163 Å². The van der Waals surface area contributed by atoms with Crippen LogP contribution < -0.4 is 67.8 Å². The summed E-state index contributed by atoms with van der Waals surface area (Å²) in [4.78, 5) is 0. The van der Waals surface area contributed by atoms with Crippen molar-refractivity contribution in [2.75, 3.05) is 0 Å². The van der Waals surface area contributed by atoms with Crippen molar-refractivity contribution in [1.82, 2.24) is 0 Å². The van der Waals surface area contributed by atoms with Crippen molar-refractivity contribution in [3.05, 3.63) is 91.0 Å². The zero-order valence-corrected chi connectivity index (χ0v) is 15.0. The first kappa shape index (κ1) is 15.7. The van der Waals surface area contributed by atoms with Crippen LogP contribution in [0.3, 0.4) is 0 Å². The van der Waals surface area contributed by atoms with Gasteiger partial charge in [0.25, 0.3) is 0 Å². The maximum absolute atomic E-state index is 2.24. The molecule has 0 aliphatic heterocycles. The average molecular weight is 282 g/mol. The fraction of sp³-hybridized carbons (Fsp3) is 0. The van der Waals surface area contributed by atoms with Crippen LogP contribution in [0.15, 0.2) is 91.0 Å². The summed E-state index contributed by atoms with van der Waals surface area (Å²) >= 11 is 0. The molecule has 3 aromatic carbocycles. The fourth-order valence-electron chi connectivity index (χ4n) is 2.85. The smallest absolute Gasteiger partial charge is 0.203 e. The molecule has 3 rings (SSSR count). The maximum Gasteiger partial charge on any atom is 1.00 e. The van der Waals surface area contributed by atoms with Gasteiger partial charge in [-0.1, -0.05) is 91.0 Å². The van der Waals surface area contributed by atoms with Crippen LogP contribution >= 0.6 is 0 Å². The number of hydrogen-bond acceptors (Lipinski definition) is 0. The standard InChI is InChI=1S/C18H16B.K/c1-4-10-16(11-5-1)19(17-12-6-2-7-13-17)18-14-8-3-9-15-18;/h1-15,19H;/q-1;+1. The van der Waals surface area contributed by atoms with E-state index in [1.807, 2.05) is 0 Å². The van der Waals surface area contributed by atoms with E-state index in [1.54, 1.807) is 0 Å². The minimum absolute atomic E-state index is 0. The summed E-state index contributed by atoms with van der Waals surface area (Å²) in [7, 11) is 0. The van der Waals surface area contributed by atoms with Gasteiger partial charge in [-0.15, -0.1) is 0 Å². The van der Waals surface area contributed by atoms with Gasteiger partial charge in [0.05, 0.1) is 6.71 Å². The fourth-order valence-corrected chi connectivity index (χ4v) is 2.85. The summed E-state index contributed by atoms with van der Waals surface area (Å²) in [6.45, 7) is -0.662. The summed E-state index contributed by atoms with van der Waals surface area (Å²) in [5, 5.41) is 0. The predicted octanol–water partition coefficient (Wildman–Crippen LogP) is -1.06. The third-order valence-electron chi connectivity index (χ3n) is 3.75. The molecule has 0 aliphatic carbocycles. The van der Waals surface area contributed by atoms with Gasteiger partial charge in [-0.25, -0.2) is 16.4 Å². The molecular weight excluding hydrogens is 266 g/mol. The van der Waals surface area contributed by atoms with Crippen molar-refractivity contribution in [1.29, 1.82) is 0 Å². The molecule has 0 saturated carbocycles. The second kappa shape index (κ2) is 7.96. The molecule has 0 bridgehead atoms. The van der Waals surface area contributed by atoms with Gasteiger partial charge >= 0.3 is 51.4 Å². The number of benzene rings is 3. The molecule has 0 unspecified atom stereocenters. The monoisotopic (exact) mass is 282 g/mol. The summed E-state index contributed by atoms with van der Waals surface area (Å²) < 4.78 is 0. The molecule has 0 N–H and O–H groups in total. The maximum atomic E-state index is 2.24. The first-order chi connectivity index (χ1) is 9.45. The van der Waals surface area contributed by atoms with Crippen molar-refractivity contribution >= 4 is 23.1 Å². The van der Waals surface area contributed by atoms with Crippen molar-refractivity contribution in [3.63, 3.8) is 0 Å². The van der Waals surface area contributed by atoms with Gasteiger partial charge < -0.3 is 0 Å². The topological polar surface area (TPSA) is 0 Å². The van der Waals surface area contributed by atoms with Crippen LogP contribution in [0.4, 0.5) is 0 Å². The molecular formula is C18H16BK. The van der Waals surface area contributed by atoms with E-state index in [9.17, 15) is 0 Å². The van der Waals surface area contributed by atoms with Crippen LogP contribution in [0, 0.1) is 0 Å². The molecule has 0 nitrogen and oxygen atoms in total. The third-order valence-corrected chi connectivity index (χ3v) is 3.75. The van der Waals surface area contributed by atoms with E-state index in [1.165, 1.54) is 16.4 Å². The molecule has 0 radical (unpaired) electrons. The van der Waals surface area contributed by atoms with Gasteiger partial charge in [-0.2, -0.15) is 0 Å². The normalized spacial score (nSPS) is 10.1. The Bertz CT molecular complexity index is 529. The zero-order chi connectivity index (χ0) is 12.9. The summed E-state index contributed by atoms with van der Waals surface area (Å²) in [6, 6.07) is 32.4. The minimum Gasteiger partial charge on any atom is -0.203 e. The number of hydrogen-bond donors (Lipinski definition) is 0. The largest absolute Gasteiger partial charge is 1.00 e. The van der Waals surface area contributed by atoms with Crippen LogP contribution in [0.5, 0.6) is 0 Å². The van der Waals surface area contributed by atoms with Gasteiger partial charge in [0, 0.05) is 0 Å². The zero-order valence-electron chi connectivity index (χ0n) is 11.9. The van der Waals surface area contributed by atoms with Crippen LogP contribution in [0.1, 0.15) is 0 Å². The molecule has 20 heavy (non-hydrogen) atoms. The Balaban J connectivity index is 0.00000147. The van der Waals surface area contributed by atoms with Crippen LogP contribution in [0.2, 0.25) is 0 Å². The molecule has 0 atom stereocenters. The van der Waals surface area contributed by atoms with Crippen LogP contribution in [-0.4, -0.2) is 6.71 Å². The van der Waals surface area contributed by atoms with E-state index >= 15 is 0 Å². The summed E-state index contributed by atoms with van der Waals surface area (Å²) in [5.74, 6) is 0. The molecule has 0 fully saturated rings. The van der Waals surface area contributed by atoms with Gasteiger partial charge in [0.1, 0.15) is 0 Å². The Morgan fingerprint density at radius 2 is 0.650 bits per heavy atom. The van der Waals surface area contributed by atoms with E-state index < -0.39 is 6.71 Å². The molecule has 3 aromatic rings. The molecule has 92 valence electrons. The quantitative estimate of drug-likeness (QED) is 0.537. The summed E-state index contributed by atoms with van der Waals surface area (Å²) in [5.41, 5.74) is 4.25. The Morgan fingerprint density at radius 1 is 0.400 bits per heavy atom. The SMILES string of the molecule is [K+].c1ccc([BH-](c2ccccc2)c2ccccc2)cc1. The van der Waals surface area contributed by atoms with E-state index in [2.05, 4.69) is 91.0 Å². The van der Waals surface area contributed by atoms with Crippen molar-refractivity contribution < 1.29 is 51.4 Å². The molecule has 0 aliphatic rings. The van der Waals surface area contributed by atoms with E-state index in [0.29, 0.717) is 0 Å². The van der Waals surface area contributed by atoms with Gasteiger partial charge in [0.15, 0.2) is 0 Å². The van der Waals surface area contributed by atoms with Crippen molar-refractivity contribution in [2.24, 2.45) is 0 Å². The van der Waals surface area contributed by atoms with Gasteiger partial charge in [0.2, 0.25) is 0 Å². The van der Waals surface area contributed by atoms with Crippen molar-refractivity contribution in [2.45, 2.75) is 0 Å². The first-order valence-corrected chi connectivity index (χ1v) is 6.79. The molecule has 0 spiro atoms. The van der Waals surface area contributed by atoms with Gasteiger partial charge in [-0.3, -0.25) is 0 Å². The van der Waals surface area contributed by atoms with Crippen molar-refractivity contribution in [3.8, 4) is 0 Å². The van der Waals surface area contributed by atoms with Crippen LogP contribution in [-0.2, 0) is 0 Å². The Hall–Kier alpha value is -0.639. The second-order valence-electron chi connectivity index (χ2n) is 4.99. The summed E-state index contributed by atoms with van der Waals surface area (Å²) in [6.07, 6.45) is 0. The van der Waals surface area contributed by atoms with Crippen LogP contribution in [0.25, 0.3) is 0 Å². The minimum atomic E-state index is -0.662. The molecule has 0 aromatic heterocycles. The van der Waals surface area contributed by atoms with Gasteiger partial charge in [-0.05, 0) is 0 Å². The number of rotatable bonds is 3. The first-order valence-electron chi connectivity index (χ1n) is 6.79. The van der Waals surface area contributed by atoms with E-state index in [4.69, 9.17) is 0 Å². The third kappa shape index (κ3) is 3.72. The molecule has 0 saturated heterocycles. The second-order valence-corrected chi connectivity index (χ2v) is 4.99. The molecule has 0 heterocycles. The van der Waals surface area contributed by atoms with E-state index in [0.717, 1.165) is 0 Å². The molecule has 0 amide bonds. The predicted molar refractivity (Wildman–Crippen MR) is 85.4 cm³/mol.